The number of rotatable bonds is 11. The number of anilines is 1. The molecule has 0 radical (unpaired) electrons. The Labute approximate surface area is 184 Å². The van der Waals surface area contributed by atoms with E-state index < -0.39 is 0 Å². The maximum absolute atomic E-state index is 12.8. The quantitative estimate of drug-likeness (QED) is 0.587. The summed E-state index contributed by atoms with van der Waals surface area (Å²) in [5.74, 6) is 2.21. The standard InChI is InChI=1S/C24H34N4O3/c1-5-24(3,6-2)15-17(30)16-28(4)23-19-8-7-9-20(19)26-22(27-23)21-14-18(10-11-25-21)31-13-12-29/h10-11,14,29H,5-9,12-13,15-16H2,1-4H3. The smallest absolute Gasteiger partial charge is 0.180 e. The summed E-state index contributed by atoms with van der Waals surface area (Å²) in [4.78, 5) is 28.8. The van der Waals surface area contributed by atoms with Gasteiger partial charge in [0, 0.05) is 37.0 Å². The average molecular weight is 427 g/mol. The van der Waals surface area contributed by atoms with Gasteiger partial charge in [0.05, 0.1) is 13.2 Å². The van der Waals surface area contributed by atoms with Crippen molar-refractivity contribution in [3.63, 3.8) is 0 Å². The number of ether oxygens (including phenoxy) is 1. The molecule has 2 aromatic rings. The number of pyridine rings is 1. The van der Waals surface area contributed by atoms with Gasteiger partial charge < -0.3 is 14.7 Å². The van der Waals surface area contributed by atoms with Crippen molar-refractivity contribution in [1.29, 1.82) is 0 Å². The van der Waals surface area contributed by atoms with Crippen molar-refractivity contribution in [3.05, 3.63) is 29.6 Å². The number of carbonyl (C=O) groups is 1. The van der Waals surface area contributed by atoms with E-state index in [2.05, 4.69) is 25.8 Å². The molecule has 1 aliphatic rings. The van der Waals surface area contributed by atoms with Gasteiger partial charge in [0.25, 0.3) is 0 Å². The van der Waals surface area contributed by atoms with E-state index in [-0.39, 0.29) is 24.4 Å². The predicted octanol–water partition coefficient (Wildman–Crippen LogP) is 3.62. The topological polar surface area (TPSA) is 88.4 Å². The number of carbonyl (C=O) groups excluding carboxylic acids is 1. The van der Waals surface area contributed by atoms with E-state index in [1.54, 1.807) is 18.3 Å². The van der Waals surface area contributed by atoms with Crippen LogP contribution in [0.15, 0.2) is 18.3 Å². The molecule has 31 heavy (non-hydrogen) atoms. The molecular weight excluding hydrogens is 392 g/mol. The summed E-state index contributed by atoms with van der Waals surface area (Å²) in [5.41, 5.74) is 2.85. The molecule has 3 rings (SSSR count). The summed E-state index contributed by atoms with van der Waals surface area (Å²) >= 11 is 0. The van der Waals surface area contributed by atoms with Crippen LogP contribution in [-0.2, 0) is 17.6 Å². The van der Waals surface area contributed by atoms with Crippen molar-refractivity contribution in [3.8, 4) is 17.3 Å². The lowest BCUT2D eigenvalue weighted by molar-refractivity contribution is -0.119. The van der Waals surface area contributed by atoms with Crippen LogP contribution in [0.3, 0.4) is 0 Å². The first-order valence-electron chi connectivity index (χ1n) is 11.2. The molecule has 7 nitrogen and oxygen atoms in total. The van der Waals surface area contributed by atoms with Crippen LogP contribution in [0, 0.1) is 5.41 Å². The van der Waals surface area contributed by atoms with Crippen molar-refractivity contribution in [1.82, 2.24) is 15.0 Å². The van der Waals surface area contributed by atoms with Crippen LogP contribution in [0.25, 0.3) is 11.5 Å². The Hall–Kier alpha value is -2.54. The second-order valence-corrected chi connectivity index (χ2v) is 8.69. The molecule has 0 atom stereocenters. The largest absolute Gasteiger partial charge is 0.491 e. The zero-order chi connectivity index (χ0) is 22.4. The van der Waals surface area contributed by atoms with Gasteiger partial charge in [0.2, 0.25) is 0 Å². The van der Waals surface area contributed by atoms with Crippen molar-refractivity contribution in [2.24, 2.45) is 5.41 Å². The highest BCUT2D eigenvalue weighted by molar-refractivity contribution is 5.84. The Morgan fingerprint density at radius 2 is 2.03 bits per heavy atom. The Morgan fingerprint density at radius 3 is 2.74 bits per heavy atom. The highest BCUT2D eigenvalue weighted by Crippen LogP contribution is 2.33. The Morgan fingerprint density at radius 1 is 1.26 bits per heavy atom. The number of aromatic nitrogens is 3. The summed E-state index contributed by atoms with van der Waals surface area (Å²) in [6.45, 7) is 6.99. The minimum atomic E-state index is -0.0505. The van der Waals surface area contributed by atoms with Gasteiger partial charge in [-0.05, 0) is 30.7 Å². The maximum atomic E-state index is 12.8. The molecule has 0 saturated carbocycles. The zero-order valence-corrected chi connectivity index (χ0v) is 19.1. The highest BCUT2D eigenvalue weighted by atomic mass is 16.5. The lowest BCUT2D eigenvalue weighted by Gasteiger charge is -2.27. The second kappa shape index (κ2) is 10.2. The number of hydrogen-bond donors (Lipinski definition) is 1. The second-order valence-electron chi connectivity index (χ2n) is 8.69. The molecular formula is C24H34N4O3. The minimum absolute atomic E-state index is 0.0505. The third-order valence-electron chi connectivity index (χ3n) is 6.34. The molecule has 2 heterocycles. The van der Waals surface area contributed by atoms with E-state index in [0.717, 1.165) is 49.2 Å². The third-order valence-corrected chi connectivity index (χ3v) is 6.34. The molecule has 0 aliphatic heterocycles. The molecule has 0 spiro atoms. The van der Waals surface area contributed by atoms with Crippen LogP contribution >= 0.6 is 0 Å². The van der Waals surface area contributed by atoms with Gasteiger partial charge in [-0.1, -0.05) is 33.6 Å². The number of aliphatic hydroxyl groups is 1. The van der Waals surface area contributed by atoms with E-state index in [1.165, 1.54) is 0 Å². The first-order chi connectivity index (χ1) is 14.9. The molecule has 7 heteroatoms. The van der Waals surface area contributed by atoms with Gasteiger partial charge in [0.1, 0.15) is 23.9 Å². The average Bonchev–Trinajstić information content (AvgIpc) is 3.25. The molecule has 0 bridgehead atoms. The van der Waals surface area contributed by atoms with Crippen molar-refractivity contribution >= 4 is 11.6 Å². The summed E-state index contributed by atoms with van der Waals surface area (Å²) in [6, 6.07) is 3.53. The molecule has 0 saturated heterocycles. The monoisotopic (exact) mass is 426 g/mol. The number of hydrogen-bond acceptors (Lipinski definition) is 7. The van der Waals surface area contributed by atoms with Crippen LogP contribution < -0.4 is 9.64 Å². The Bertz CT molecular complexity index is 912. The van der Waals surface area contributed by atoms with Gasteiger partial charge in [-0.2, -0.15) is 0 Å². The summed E-state index contributed by atoms with van der Waals surface area (Å²) in [7, 11) is 1.94. The highest BCUT2D eigenvalue weighted by Gasteiger charge is 2.27. The molecule has 1 aliphatic carbocycles. The molecule has 0 fully saturated rings. The minimum Gasteiger partial charge on any atom is -0.491 e. The van der Waals surface area contributed by atoms with Gasteiger partial charge in [-0.15, -0.1) is 0 Å². The van der Waals surface area contributed by atoms with Crippen LogP contribution in [-0.4, -0.2) is 52.6 Å². The van der Waals surface area contributed by atoms with Crippen LogP contribution in [0.2, 0.25) is 0 Å². The van der Waals surface area contributed by atoms with Crippen molar-refractivity contribution in [2.45, 2.75) is 59.3 Å². The number of ketones is 1. The first-order valence-corrected chi connectivity index (χ1v) is 11.2. The number of aryl methyl sites for hydroxylation is 1. The lowest BCUT2D eigenvalue weighted by atomic mass is 9.80. The number of aliphatic hydroxyl groups excluding tert-OH is 1. The number of likely N-dealkylation sites (N-methyl/N-ethyl adjacent to an activating group) is 1. The fraction of sp³-hybridized carbons (Fsp3) is 0.583. The van der Waals surface area contributed by atoms with E-state index in [1.807, 2.05) is 11.9 Å². The fourth-order valence-electron chi connectivity index (χ4n) is 4.00. The van der Waals surface area contributed by atoms with Gasteiger partial charge in [-0.25, -0.2) is 9.97 Å². The summed E-state index contributed by atoms with van der Waals surface area (Å²) < 4.78 is 5.51. The Balaban J connectivity index is 1.86. The summed E-state index contributed by atoms with van der Waals surface area (Å²) in [6.07, 6.45) is 7.10. The maximum Gasteiger partial charge on any atom is 0.180 e. The predicted molar refractivity (Wildman–Crippen MR) is 121 cm³/mol. The zero-order valence-electron chi connectivity index (χ0n) is 19.1. The fourth-order valence-corrected chi connectivity index (χ4v) is 4.00. The van der Waals surface area contributed by atoms with E-state index in [0.29, 0.717) is 30.2 Å². The molecule has 0 amide bonds. The first kappa shape index (κ1) is 23.1. The lowest BCUT2D eigenvalue weighted by Crippen LogP contribution is -2.31. The molecule has 2 aromatic heterocycles. The molecule has 0 aromatic carbocycles. The Kier molecular flexibility index (Phi) is 7.59. The van der Waals surface area contributed by atoms with Gasteiger partial charge in [-0.3, -0.25) is 9.78 Å². The third kappa shape index (κ3) is 5.58. The van der Waals surface area contributed by atoms with Crippen LogP contribution in [0.1, 0.15) is 57.7 Å². The normalized spacial score (nSPS) is 13.2. The number of fused-ring (bicyclic) bond motifs is 1. The molecule has 1 N–H and O–H groups in total. The SMILES string of the molecule is CCC(C)(CC)CC(=O)CN(C)c1nc(-c2cc(OCCO)ccn2)nc2c1CCC2. The molecule has 0 unspecified atom stereocenters. The van der Waals surface area contributed by atoms with E-state index >= 15 is 0 Å². The van der Waals surface area contributed by atoms with E-state index in [4.69, 9.17) is 19.8 Å². The van der Waals surface area contributed by atoms with Crippen molar-refractivity contribution in [2.75, 3.05) is 31.7 Å². The summed E-state index contributed by atoms with van der Waals surface area (Å²) in [5, 5.41) is 8.99. The van der Waals surface area contributed by atoms with E-state index in [9.17, 15) is 4.79 Å². The molecule has 168 valence electrons. The van der Waals surface area contributed by atoms with Gasteiger partial charge in [0.15, 0.2) is 11.6 Å². The number of Topliss-reactive ketones (excluding diaryl/α,β-unsaturated/α-hetero) is 1. The van der Waals surface area contributed by atoms with Crippen LogP contribution in [0.4, 0.5) is 5.82 Å². The van der Waals surface area contributed by atoms with Gasteiger partial charge >= 0.3 is 0 Å². The van der Waals surface area contributed by atoms with Crippen molar-refractivity contribution < 1.29 is 14.6 Å². The number of nitrogens with zero attached hydrogens (tertiary/aromatic N) is 4. The van der Waals surface area contributed by atoms with Crippen LogP contribution in [0.5, 0.6) is 5.75 Å².